The van der Waals surface area contributed by atoms with Gasteiger partial charge < -0.3 is 15.3 Å². The molecule has 0 atom stereocenters. The number of aliphatic hydroxyl groups is 1. The highest BCUT2D eigenvalue weighted by atomic mass is 16.3. The van der Waals surface area contributed by atoms with Crippen molar-refractivity contribution in [3.05, 3.63) is 18.0 Å². The van der Waals surface area contributed by atoms with Crippen molar-refractivity contribution in [1.82, 2.24) is 15.3 Å². The summed E-state index contributed by atoms with van der Waals surface area (Å²) in [5.41, 5.74) is 1.11. The van der Waals surface area contributed by atoms with E-state index < -0.39 is 0 Å². The fraction of sp³-hybridized carbons (Fsp3) is 0.750. The Labute approximate surface area is 127 Å². The molecule has 0 aliphatic heterocycles. The van der Waals surface area contributed by atoms with Gasteiger partial charge in [-0.05, 0) is 25.3 Å². The number of aliphatic hydroxyl groups excluding tert-OH is 1. The van der Waals surface area contributed by atoms with E-state index in [-0.39, 0.29) is 6.61 Å². The third-order valence-electron chi connectivity index (χ3n) is 3.94. The lowest BCUT2D eigenvalue weighted by atomic mass is 10.2. The van der Waals surface area contributed by atoms with E-state index in [1.165, 1.54) is 25.7 Å². The van der Waals surface area contributed by atoms with E-state index in [0.717, 1.165) is 24.6 Å². The largest absolute Gasteiger partial charge is 0.395 e. The molecule has 0 aromatic carbocycles. The average molecular weight is 292 g/mol. The summed E-state index contributed by atoms with van der Waals surface area (Å²) >= 11 is 0. The van der Waals surface area contributed by atoms with Crippen LogP contribution in [0.4, 0.5) is 5.95 Å². The lowest BCUT2D eigenvalue weighted by Crippen LogP contribution is -2.37. The predicted octanol–water partition coefficient (Wildman–Crippen LogP) is 1.96. The van der Waals surface area contributed by atoms with Gasteiger partial charge in [0.15, 0.2) is 0 Å². The summed E-state index contributed by atoms with van der Waals surface area (Å²) in [6, 6.07) is 0.488. The molecule has 1 aliphatic rings. The Bertz CT molecular complexity index is 401. The SMILES string of the molecule is CC(C)CNCc1cnc(N(CCO)C2CCCC2)nc1. The molecule has 1 fully saturated rings. The molecule has 1 aliphatic carbocycles. The van der Waals surface area contributed by atoms with Gasteiger partial charge in [0, 0.05) is 37.1 Å². The molecule has 2 N–H and O–H groups in total. The van der Waals surface area contributed by atoms with Crippen LogP contribution in [0.5, 0.6) is 0 Å². The van der Waals surface area contributed by atoms with Crippen LogP contribution >= 0.6 is 0 Å². The maximum Gasteiger partial charge on any atom is 0.225 e. The summed E-state index contributed by atoms with van der Waals surface area (Å²) in [4.78, 5) is 11.2. The highest BCUT2D eigenvalue weighted by Gasteiger charge is 2.24. The molecule has 0 unspecified atom stereocenters. The van der Waals surface area contributed by atoms with Gasteiger partial charge in [-0.2, -0.15) is 0 Å². The average Bonchev–Trinajstić information content (AvgIpc) is 2.99. The number of anilines is 1. The Balaban J connectivity index is 1.94. The number of nitrogens with one attached hydrogen (secondary N) is 1. The first-order chi connectivity index (χ1) is 10.2. The normalized spacial score (nSPS) is 15.8. The van der Waals surface area contributed by atoms with Crippen LogP contribution < -0.4 is 10.2 Å². The van der Waals surface area contributed by atoms with Gasteiger partial charge in [0.25, 0.3) is 0 Å². The molecule has 118 valence electrons. The van der Waals surface area contributed by atoms with Crippen LogP contribution in [0.25, 0.3) is 0 Å². The molecule has 2 rings (SSSR count). The highest BCUT2D eigenvalue weighted by molar-refractivity contribution is 5.32. The summed E-state index contributed by atoms with van der Waals surface area (Å²) in [5.74, 6) is 1.40. The van der Waals surface area contributed by atoms with Crippen molar-refractivity contribution >= 4 is 5.95 Å². The molecule has 21 heavy (non-hydrogen) atoms. The Kier molecular flexibility index (Phi) is 6.39. The lowest BCUT2D eigenvalue weighted by Gasteiger charge is -2.28. The number of nitrogens with zero attached hydrogens (tertiary/aromatic N) is 3. The van der Waals surface area contributed by atoms with Gasteiger partial charge >= 0.3 is 0 Å². The topological polar surface area (TPSA) is 61.3 Å². The Hall–Kier alpha value is -1.20. The molecular weight excluding hydrogens is 264 g/mol. The second-order valence-corrected chi connectivity index (χ2v) is 6.27. The van der Waals surface area contributed by atoms with Crippen LogP contribution in [0, 0.1) is 5.92 Å². The van der Waals surface area contributed by atoms with Crippen molar-refractivity contribution in [2.45, 2.75) is 52.1 Å². The van der Waals surface area contributed by atoms with Gasteiger partial charge in [0.2, 0.25) is 5.95 Å². The minimum atomic E-state index is 0.150. The van der Waals surface area contributed by atoms with E-state index in [2.05, 4.69) is 34.0 Å². The molecular formula is C16H28N4O. The smallest absolute Gasteiger partial charge is 0.225 e. The third-order valence-corrected chi connectivity index (χ3v) is 3.94. The van der Waals surface area contributed by atoms with E-state index in [1.54, 1.807) is 0 Å². The van der Waals surface area contributed by atoms with Crippen molar-refractivity contribution in [3.8, 4) is 0 Å². The minimum Gasteiger partial charge on any atom is -0.395 e. The summed E-state index contributed by atoms with van der Waals surface area (Å²) in [5, 5.41) is 12.7. The number of hydrogen-bond acceptors (Lipinski definition) is 5. The molecule has 1 heterocycles. The molecule has 0 amide bonds. The molecule has 1 saturated carbocycles. The molecule has 0 saturated heterocycles. The second kappa shape index (κ2) is 8.29. The molecule has 0 radical (unpaired) electrons. The Morgan fingerprint density at radius 3 is 2.52 bits per heavy atom. The fourth-order valence-corrected chi connectivity index (χ4v) is 2.86. The van der Waals surface area contributed by atoms with Crippen LogP contribution in [0.3, 0.4) is 0 Å². The maximum absolute atomic E-state index is 9.27. The first kappa shape index (κ1) is 16.2. The summed E-state index contributed by atoms with van der Waals surface area (Å²) in [6.45, 7) is 6.97. The van der Waals surface area contributed by atoms with Crippen molar-refractivity contribution in [1.29, 1.82) is 0 Å². The van der Waals surface area contributed by atoms with Crippen LogP contribution in [-0.4, -0.2) is 40.8 Å². The van der Waals surface area contributed by atoms with E-state index in [0.29, 0.717) is 18.5 Å². The van der Waals surface area contributed by atoms with Crippen molar-refractivity contribution in [2.24, 2.45) is 5.92 Å². The first-order valence-electron chi connectivity index (χ1n) is 8.10. The molecule has 5 heteroatoms. The van der Waals surface area contributed by atoms with E-state index >= 15 is 0 Å². The van der Waals surface area contributed by atoms with E-state index in [4.69, 9.17) is 0 Å². The summed E-state index contributed by atoms with van der Waals surface area (Å²) in [6.07, 6.45) is 8.69. The standard InChI is InChI=1S/C16H28N4O/c1-13(2)9-17-10-14-11-18-16(19-12-14)20(7-8-21)15-5-3-4-6-15/h11-13,15,17,21H,3-10H2,1-2H3. The van der Waals surface area contributed by atoms with Crippen molar-refractivity contribution < 1.29 is 5.11 Å². The zero-order chi connectivity index (χ0) is 15.1. The molecule has 0 bridgehead atoms. The molecule has 0 spiro atoms. The predicted molar refractivity (Wildman–Crippen MR) is 85.3 cm³/mol. The zero-order valence-electron chi connectivity index (χ0n) is 13.3. The van der Waals surface area contributed by atoms with Crippen LogP contribution in [0.1, 0.15) is 45.1 Å². The van der Waals surface area contributed by atoms with Crippen molar-refractivity contribution in [2.75, 3.05) is 24.6 Å². The van der Waals surface area contributed by atoms with Crippen LogP contribution in [-0.2, 0) is 6.54 Å². The van der Waals surface area contributed by atoms with Crippen molar-refractivity contribution in [3.63, 3.8) is 0 Å². The monoisotopic (exact) mass is 292 g/mol. The van der Waals surface area contributed by atoms with Gasteiger partial charge in [0.1, 0.15) is 0 Å². The van der Waals surface area contributed by atoms with E-state index in [1.807, 2.05) is 12.4 Å². The number of aromatic nitrogens is 2. The number of hydrogen-bond donors (Lipinski definition) is 2. The molecule has 5 nitrogen and oxygen atoms in total. The molecule has 1 aromatic heterocycles. The van der Waals surface area contributed by atoms with Gasteiger partial charge in [-0.25, -0.2) is 9.97 Å². The van der Waals surface area contributed by atoms with Crippen LogP contribution in [0.15, 0.2) is 12.4 Å². The fourth-order valence-electron chi connectivity index (χ4n) is 2.86. The highest BCUT2D eigenvalue weighted by Crippen LogP contribution is 2.25. The van der Waals surface area contributed by atoms with Gasteiger partial charge in [-0.1, -0.05) is 26.7 Å². The zero-order valence-corrected chi connectivity index (χ0v) is 13.3. The summed E-state index contributed by atoms with van der Waals surface area (Å²) < 4.78 is 0. The maximum atomic E-state index is 9.27. The first-order valence-corrected chi connectivity index (χ1v) is 8.10. The minimum absolute atomic E-state index is 0.150. The lowest BCUT2D eigenvalue weighted by molar-refractivity contribution is 0.296. The summed E-state index contributed by atoms with van der Waals surface area (Å²) in [7, 11) is 0. The third kappa shape index (κ3) is 4.93. The number of rotatable bonds is 8. The Morgan fingerprint density at radius 1 is 1.29 bits per heavy atom. The van der Waals surface area contributed by atoms with E-state index in [9.17, 15) is 5.11 Å². The van der Waals surface area contributed by atoms with Gasteiger partial charge in [-0.3, -0.25) is 0 Å². The second-order valence-electron chi connectivity index (χ2n) is 6.27. The van der Waals surface area contributed by atoms with Gasteiger partial charge in [0.05, 0.1) is 6.61 Å². The Morgan fingerprint density at radius 2 is 1.95 bits per heavy atom. The van der Waals surface area contributed by atoms with Crippen LogP contribution in [0.2, 0.25) is 0 Å². The quantitative estimate of drug-likeness (QED) is 0.767. The molecule has 1 aromatic rings. The van der Waals surface area contributed by atoms with Gasteiger partial charge in [-0.15, -0.1) is 0 Å².